The van der Waals surface area contributed by atoms with Crippen LogP contribution in [0.4, 0.5) is 19.0 Å². The van der Waals surface area contributed by atoms with E-state index < -0.39 is 16.7 Å². The molecule has 0 fully saturated rings. The molecule has 0 radical (unpaired) electrons. The molecule has 0 atom stereocenters. The number of nitro groups is 1. The number of carbonyl (C=O) groups is 1. The van der Waals surface area contributed by atoms with Crippen LogP contribution in [0.25, 0.3) is 0 Å². The molecule has 2 aromatic carbocycles. The van der Waals surface area contributed by atoms with Crippen molar-refractivity contribution in [3.63, 3.8) is 0 Å². The van der Waals surface area contributed by atoms with Crippen LogP contribution in [0.5, 0.6) is 6.01 Å². The molecule has 1 aliphatic rings. The summed E-state index contributed by atoms with van der Waals surface area (Å²) in [6, 6.07) is 12.4. The molecule has 0 aliphatic carbocycles. The second-order valence-corrected chi connectivity index (χ2v) is 8.36. The van der Waals surface area contributed by atoms with Crippen molar-refractivity contribution in [2.75, 3.05) is 26.2 Å². The van der Waals surface area contributed by atoms with Crippen molar-refractivity contribution in [1.29, 1.82) is 0 Å². The van der Waals surface area contributed by atoms with Gasteiger partial charge in [-0.2, -0.15) is 13.2 Å². The van der Waals surface area contributed by atoms with Gasteiger partial charge in [0.1, 0.15) is 12.8 Å². The number of nitrogens with zero attached hydrogens (tertiary/aromatic N) is 4. The average molecular weight is 503 g/mol. The third kappa shape index (κ3) is 6.39. The standard InChI is InChI=1S/C24H24F3N5O4/c25-24(26,27)20-3-1-2-17(14-20)8-9-28-22(33)19-6-4-18(5-7-19)15-30-10-11-31-16-21(32(34)35)29-23(31)36-13-12-30/h1-7,14,16H,8-13,15H2,(H,28,33). The van der Waals surface area contributed by atoms with Crippen molar-refractivity contribution in [3.05, 3.63) is 87.1 Å². The van der Waals surface area contributed by atoms with E-state index in [2.05, 4.69) is 15.2 Å². The largest absolute Gasteiger partial charge is 0.444 e. The molecule has 3 aromatic rings. The molecule has 0 bridgehead atoms. The molecular formula is C24H24F3N5O4. The molecule has 9 nitrogen and oxygen atoms in total. The Balaban J connectivity index is 1.27. The van der Waals surface area contributed by atoms with E-state index in [4.69, 9.17) is 4.74 Å². The smallest absolute Gasteiger partial charge is 0.416 e. The Morgan fingerprint density at radius 3 is 2.61 bits per heavy atom. The second kappa shape index (κ2) is 10.8. The van der Waals surface area contributed by atoms with Crippen LogP contribution >= 0.6 is 0 Å². The molecule has 0 saturated carbocycles. The maximum atomic E-state index is 12.8. The minimum Gasteiger partial charge on any atom is -0.444 e. The first-order chi connectivity index (χ1) is 17.2. The van der Waals surface area contributed by atoms with Crippen molar-refractivity contribution in [2.45, 2.75) is 25.7 Å². The summed E-state index contributed by atoms with van der Waals surface area (Å²) in [5, 5.41) is 13.7. The number of amides is 1. The number of carbonyl (C=O) groups excluding carboxylic acids is 1. The molecule has 1 amide bonds. The Morgan fingerprint density at radius 1 is 1.11 bits per heavy atom. The number of rotatable bonds is 7. The van der Waals surface area contributed by atoms with Crippen LogP contribution < -0.4 is 10.1 Å². The van der Waals surface area contributed by atoms with Crippen LogP contribution in [-0.2, 0) is 25.7 Å². The first-order valence-electron chi connectivity index (χ1n) is 11.3. The van der Waals surface area contributed by atoms with Gasteiger partial charge >= 0.3 is 18.0 Å². The van der Waals surface area contributed by atoms with Crippen LogP contribution in [0.2, 0.25) is 0 Å². The molecule has 190 valence electrons. The number of nitrogens with one attached hydrogen (secondary N) is 1. The Labute approximate surface area is 204 Å². The molecule has 36 heavy (non-hydrogen) atoms. The Kier molecular flexibility index (Phi) is 7.53. The van der Waals surface area contributed by atoms with E-state index in [9.17, 15) is 28.1 Å². The number of fused-ring (bicyclic) bond motifs is 1. The molecule has 1 aromatic heterocycles. The van der Waals surface area contributed by atoms with Gasteiger partial charge in [0, 0.05) is 43.3 Å². The maximum Gasteiger partial charge on any atom is 0.416 e. The van der Waals surface area contributed by atoms with Crippen molar-refractivity contribution >= 4 is 11.7 Å². The lowest BCUT2D eigenvalue weighted by atomic mass is 10.1. The summed E-state index contributed by atoms with van der Waals surface area (Å²) in [7, 11) is 0. The van der Waals surface area contributed by atoms with Gasteiger partial charge in [-0.15, -0.1) is 0 Å². The number of benzene rings is 2. The van der Waals surface area contributed by atoms with Gasteiger partial charge in [-0.25, -0.2) is 0 Å². The fourth-order valence-electron chi connectivity index (χ4n) is 3.88. The minimum absolute atomic E-state index is 0.212. The predicted molar refractivity (Wildman–Crippen MR) is 124 cm³/mol. The quantitative estimate of drug-likeness (QED) is 0.390. The lowest BCUT2D eigenvalue weighted by molar-refractivity contribution is -0.389. The lowest BCUT2D eigenvalue weighted by Crippen LogP contribution is -2.33. The topological polar surface area (TPSA) is 103 Å². The normalized spacial score (nSPS) is 14.3. The fraction of sp³-hybridized carbons (Fsp3) is 0.333. The predicted octanol–water partition coefficient (Wildman–Crippen LogP) is 3.68. The van der Waals surface area contributed by atoms with Crippen LogP contribution in [0, 0.1) is 10.1 Å². The highest BCUT2D eigenvalue weighted by Gasteiger charge is 2.30. The fourth-order valence-corrected chi connectivity index (χ4v) is 3.88. The number of hydrogen-bond donors (Lipinski definition) is 1. The summed E-state index contributed by atoms with van der Waals surface area (Å²) >= 11 is 0. The highest BCUT2D eigenvalue weighted by atomic mass is 19.4. The van der Waals surface area contributed by atoms with Gasteiger partial charge in [0.05, 0.1) is 5.56 Å². The summed E-state index contributed by atoms with van der Waals surface area (Å²) < 4.78 is 45.7. The third-order valence-corrected chi connectivity index (χ3v) is 5.79. The van der Waals surface area contributed by atoms with Gasteiger partial charge < -0.3 is 20.2 Å². The van der Waals surface area contributed by atoms with Crippen molar-refractivity contribution in [1.82, 2.24) is 19.8 Å². The second-order valence-electron chi connectivity index (χ2n) is 8.36. The van der Waals surface area contributed by atoms with Gasteiger partial charge in [-0.05, 0) is 40.7 Å². The van der Waals surface area contributed by atoms with Crippen LogP contribution in [-0.4, -0.2) is 51.5 Å². The van der Waals surface area contributed by atoms with Gasteiger partial charge in [-0.3, -0.25) is 14.3 Å². The number of halogens is 3. The maximum absolute atomic E-state index is 12.8. The molecule has 12 heteroatoms. The van der Waals surface area contributed by atoms with Crippen LogP contribution in [0.15, 0.2) is 54.7 Å². The van der Waals surface area contributed by atoms with E-state index >= 15 is 0 Å². The highest BCUT2D eigenvalue weighted by Crippen LogP contribution is 2.29. The summed E-state index contributed by atoms with van der Waals surface area (Å²) in [5.41, 5.74) is 1.22. The number of imidazole rings is 1. The zero-order valence-electron chi connectivity index (χ0n) is 19.2. The van der Waals surface area contributed by atoms with Crippen LogP contribution in [0.1, 0.15) is 27.0 Å². The zero-order valence-corrected chi connectivity index (χ0v) is 19.2. The van der Waals surface area contributed by atoms with E-state index in [0.717, 1.165) is 17.7 Å². The highest BCUT2D eigenvalue weighted by molar-refractivity contribution is 5.94. The SMILES string of the molecule is O=C(NCCc1cccc(C(F)(F)F)c1)c1ccc(CN2CCOc3nc([N+](=O)[O-])cn3CC2)cc1. The van der Waals surface area contributed by atoms with Crippen LogP contribution in [0.3, 0.4) is 0 Å². The lowest BCUT2D eigenvalue weighted by Gasteiger charge is -2.24. The van der Waals surface area contributed by atoms with E-state index in [1.54, 1.807) is 22.8 Å². The van der Waals surface area contributed by atoms with Crippen molar-refractivity contribution in [2.24, 2.45) is 0 Å². The number of aromatic nitrogens is 2. The summed E-state index contributed by atoms with van der Waals surface area (Å²) in [6.07, 6.45) is -2.75. The number of alkyl halides is 3. The minimum atomic E-state index is -4.40. The van der Waals surface area contributed by atoms with Gasteiger partial charge in [0.15, 0.2) is 0 Å². The van der Waals surface area contributed by atoms with Crippen molar-refractivity contribution < 1.29 is 27.6 Å². The molecule has 0 spiro atoms. The summed E-state index contributed by atoms with van der Waals surface area (Å²) in [4.78, 5) is 28.8. The van der Waals surface area contributed by atoms with E-state index in [1.807, 2.05) is 12.1 Å². The monoisotopic (exact) mass is 503 g/mol. The zero-order chi connectivity index (χ0) is 25.7. The van der Waals surface area contributed by atoms with Crippen molar-refractivity contribution in [3.8, 4) is 6.01 Å². The van der Waals surface area contributed by atoms with Gasteiger partial charge in [0.2, 0.25) is 0 Å². The number of ether oxygens (including phenoxy) is 1. The first-order valence-corrected chi connectivity index (χ1v) is 11.3. The third-order valence-electron chi connectivity index (χ3n) is 5.79. The molecule has 1 N–H and O–H groups in total. The molecule has 2 heterocycles. The van der Waals surface area contributed by atoms with Gasteiger partial charge in [0.25, 0.3) is 5.91 Å². The Hall–Kier alpha value is -3.93. The Morgan fingerprint density at radius 2 is 1.89 bits per heavy atom. The molecule has 0 unspecified atom stereocenters. The van der Waals surface area contributed by atoms with E-state index in [1.165, 1.54) is 12.3 Å². The average Bonchev–Trinajstić information content (AvgIpc) is 3.23. The Bertz CT molecular complexity index is 1230. The summed E-state index contributed by atoms with van der Waals surface area (Å²) in [5.74, 6) is -0.551. The van der Waals surface area contributed by atoms with E-state index in [0.29, 0.717) is 43.9 Å². The molecule has 4 rings (SSSR count). The molecule has 0 saturated heterocycles. The molecular weight excluding hydrogens is 479 g/mol. The molecule has 1 aliphatic heterocycles. The summed E-state index contributed by atoms with van der Waals surface area (Å²) in [6.45, 7) is 2.89. The number of hydrogen-bond acceptors (Lipinski definition) is 6. The first kappa shape index (κ1) is 25.2. The van der Waals surface area contributed by atoms with Gasteiger partial charge in [-0.1, -0.05) is 30.3 Å². The van der Waals surface area contributed by atoms with E-state index in [-0.39, 0.29) is 30.7 Å².